The fourth-order valence-corrected chi connectivity index (χ4v) is 14.9. The third-order valence-electron chi connectivity index (χ3n) is 9.63. The summed E-state index contributed by atoms with van der Waals surface area (Å²) in [6.45, 7) is 4.95. The van der Waals surface area contributed by atoms with Crippen LogP contribution in [0.5, 0.6) is 0 Å². The number of para-hydroxylation sites is 2. The van der Waals surface area contributed by atoms with E-state index in [0.29, 0.717) is 0 Å². The van der Waals surface area contributed by atoms with Gasteiger partial charge in [-0.3, -0.25) is 0 Å². The van der Waals surface area contributed by atoms with Gasteiger partial charge in [0.1, 0.15) is 0 Å². The second kappa shape index (κ2) is 13.7. The van der Waals surface area contributed by atoms with Crippen LogP contribution < -0.4 is 29.9 Å². The summed E-state index contributed by atoms with van der Waals surface area (Å²) in [5.74, 6) is 0. The first-order valence-corrected chi connectivity index (χ1v) is 21.5. The Morgan fingerprint density at radius 2 is 0.438 bits per heavy atom. The number of hydrogen-bond acceptors (Lipinski definition) is 2. The maximum atomic E-state index is 2.62. The molecule has 0 saturated heterocycles. The van der Waals surface area contributed by atoms with Gasteiger partial charge < -0.3 is 9.13 Å². The van der Waals surface area contributed by atoms with Gasteiger partial charge in [0.25, 0.3) is 0 Å². The van der Waals surface area contributed by atoms with Crippen molar-refractivity contribution in [3.63, 3.8) is 0 Å². The van der Waals surface area contributed by atoms with Crippen molar-refractivity contribution < 1.29 is 0 Å². The summed E-state index contributed by atoms with van der Waals surface area (Å²) < 4.78 is 5.25. The normalized spacial score (nSPS) is 11.5. The lowest BCUT2D eigenvalue weighted by molar-refractivity contribution is 1.31. The van der Waals surface area contributed by atoms with Crippen LogP contribution in [-0.2, 0) is 0 Å². The SMILES string of the molecule is C[Si](c1ccccc1)(c1ccccc1)N(c1ccccc1)c1ccc(N(c2ccccc2)[Si](C)(c2ccccc2)c2ccccc2)cc1. The van der Waals surface area contributed by atoms with Crippen molar-refractivity contribution in [1.82, 2.24) is 0 Å². The minimum Gasteiger partial charge on any atom is -0.360 e. The first-order chi connectivity index (χ1) is 23.6. The lowest BCUT2D eigenvalue weighted by Gasteiger charge is -2.44. The van der Waals surface area contributed by atoms with Crippen molar-refractivity contribution >= 4 is 60.0 Å². The van der Waals surface area contributed by atoms with E-state index in [-0.39, 0.29) is 0 Å². The third-order valence-corrected chi connectivity index (χ3v) is 18.3. The monoisotopic (exact) mass is 652 g/mol. The Morgan fingerprint density at radius 1 is 0.250 bits per heavy atom. The molecule has 0 amide bonds. The molecule has 0 heterocycles. The summed E-state index contributed by atoms with van der Waals surface area (Å²) in [5.41, 5.74) is 4.75. The lowest BCUT2D eigenvalue weighted by Crippen LogP contribution is -2.67. The van der Waals surface area contributed by atoms with Gasteiger partial charge in [0, 0.05) is 22.7 Å². The molecule has 0 unspecified atom stereocenters. The molecule has 48 heavy (non-hydrogen) atoms. The van der Waals surface area contributed by atoms with Gasteiger partial charge in [0.2, 0.25) is 16.5 Å². The summed E-state index contributed by atoms with van der Waals surface area (Å²) >= 11 is 0. The lowest BCUT2D eigenvalue weighted by atomic mass is 10.2. The van der Waals surface area contributed by atoms with E-state index in [1.54, 1.807) is 0 Å². The number of nitrogens with zero attached hydrogens (tertiary/aromatic N) is 2. The highest BCUT2D eigenvalue weighted by Gasteiger charge is 2.42. The maximum Gasteiger partial charge on any atom is 0.222 e. The first kappa shape index (κ1) is 31.2. The van der Waals surface area contributed by atoms with E-state index in [0.717, 1.165) is 0 Å². The van der Waals surface area contributed by atoms with Crippen LogP contribution in [0.25, 0.3) is 0 Å². The van der Waals surface area contributed by atoms with Gasteiger partial charge in [-0.05, 0) is 82.4 Å². The molecule has 234 valence electrons. The Balaban J connectivity index is 1.43. The van der Waals surface area contributed by atoms with Crippen molar-refractivity contribution in [3.05, 3.63) is 206 Å². The largest absolute Gasteiger partial charge is 0.360 e. The molecule has 0 atom stereocenters. The van der Waals surface area contributed by atoms with E-state index >= 15 is 0 Å². The summed E-state index contributed by atoms with van der Waals surface area (Å²) in [7, 11) is -5.07. The summed E-state index contributed by atoms with van der Waals surface area (Å²) in [6.07, 6.45) is 0. The molecule has 7 aromatic carbocycles. The summed E-state index contributed by atoms with van der Waals surface area (Å²) in [6, 6.07) is 75.4. The third kappa shape index (κ3) is 5.81. The zero-order valence-electron chi connectivity index (χ0n) is 27.5. The highest BCUT2D eigenvalue weighted by molar-refractivity contribution is 7.05. The van der Waals surface area contributed by atoms with Crippen LogP contribution in [0.3, 0.4) is 0 Å². The highest BCUT2D eigenvalue weighted by Crippen LogP contribution is 2.36. The smallest absolute Gasteiger partial charge is 0.222 e. The van der Waals surface area contributed by atoms with Crippen molar-refractivity contribution in [3.8, 4) is 0 Å². The predicted molar refractivity (Wildman–Crippen MR) is 211 cm³/mol. The molecule has 7 aromatic rings. The highest BCUT2D eigenvalue weighted by atomic mass is 28.3. The van der Waals surface area contributed by atoms with Crippen molar-refractivity contribution in [2.24, 2.45) is 0 Å². The van der Waals surface area contributed by atoms with Gasteiger partial charge in [-0.15, -0.1) is 0 Å². The van der Waals surface area contributed by atoms with E-state index in [1.807, 2.05) is 0 Å². The van der Waals surface area contributed by atoms with Gasteiger partial charge in [0.15, 0.2) is 0 Å². The molecule has 0 N–H and O–H groups in total. The Labute approximate surface area is 287 Å². The Kier molecular flexibility index (Phi) is 8.93. The first-order valence-electron chi connectivity index (χ1n) is 16.6. The van der Waals surface area contributed by atoms with E-state index in [1.165, 1.54) is 43.5 Å². The van der Waals surface area contributed by atoms with E-state index < -0.39 is 16.5 Å². The minimum atomic E-state index is -2.53. The van der Waals surface area contributed by atoms with E-state index in [4.69, 9.17) is 0 Å². The Morgan fingerprint density at radius 3 is 0.667 bits per heavy atom. The molecule has 0 saturated carbocycles. The molecule has 0 fully saturated rings. The predicted octanol–water partition coefficient (Wildman–Crippen LogP) is 8.74. The van der Waals surface area contributed by atoms with Gasteiger partial charge in [0.05, 0.1) is 0 Å². The molecule has 0 radical (unpaired) electrons. The van der Waals surface area contributed by atoms with Gasteiger partial charge in [-0.2, -0.15) is 0 Å². The van der Waals surface area contributed by atoms with Crippen LogP contribution in [0.4, 0.5) is 22.7 Å². The van der Waals surface area contributed by atoms with Crippen LogP contribution in [0.15, 0.2) is 206 Å². The summed E-state index contributed by atoms with van der Waals surface area (Å²) in [5, 5.41) is 5.46. The molecule has 0 aliphatic carbocycles. The van der Waals surface area contributed by atoms with Gasteiger partial charge >= 0.3 is 0 Å². The molecule has 2 nitrogen and oxygen atoms in total. The number of rotatable bonds is 10. The molecule has 0 aliphatic heterocycles. The second-order valence-electron chi connectivity index (χ2n) is 12.5. The molecule has 0 spiro atoms. The molecule has 0 bridgehead atoms. The molecule has 0 aliphatic rings. The minimum absolute atomic E-state index is 1.18. The van der Waals surface area contributed by atoms with Crippen molar-refractivity contribution in [2.45, 2.75) is 13.1 Å². The van der Waals surface area contributed by atoms with Gasteiger partial charge in [-0.25, -0.2) is 0 Å². The van der Waals surface area contributed by atoms with Crippen molar-refractivity contribution in [1.29, 1.82) is 0 Å². The average Bonchev–Trinajstić information content (AvgIpc) is 3.18. The molecule has 0 aromatic heterocycles. The van der Waals surface area contributed by atoms with Crippen LogP contribution in [0.2, 0.25) is 13.1 Å². The van der Waals surface area contributed by atoms with E-state index in [2.05, 4.69) is 228 Å². The molecular formula is C44H40N2Si2. The molecular weight excluding hydrogens is 613 g/mol. The van der Waals surface area contributed by atoms with Crippen LogP contribution >= 0.6 is 0 Å². The standard InChI is InChI=1S/C44H40N2Si2/c1-47(41-25-13-5-14-26-41,42-27-15-6-16-28-42)45(37-21-9-3-10-22-37)39-33-35-40(36-34-39)46(38-23-11-4-12-24-38)48(2,43-29-17-7-18-30-43)44-31-19-8-20-32-44/h3-36H,1-2H3. The van der Waals surface area contributed by atoms with Crippen LogP contribution in [-0.4, -0.2) is 16.5 Å². The quantitative estimate of drug-likeness (QED) is 0.136. The zero-order chi connectivity index (χ0) is 32.8. The Hall–Kier alpha value is -5.43. The molecule has 7 rings (SSSR count). The number of anilines is 4. The number of benzene rings is 7. The fraction of sp³-hybridized carbons (Fsp3) is 0.0455. The van der Waals surface area contributed by atoms with Gasteiger partial charge in [-0.1, -0.05) is 158 Å². The van der Waals surface area contributed by atoms with Crippen LogP contribution in [0.1, 0.15) is 0 Å². The van der Waals surface area contributed by atoms with E-state index in [9.17, 15) is 0 Å². The molecule has 4 heteroatoms. The summed E-state index contributed by atoms with van der Waals surface area (Å²) in [4.78, 5) is 0. The second-order valence-corrected chi connectivity index (χ2v) is 20.0. The van der Waals surface area contributed by atoms with Crippen LogP contribution in [0, 0.1) is 0 Å². The van der Waals surface area contributed by atoms with Crippen molar-refractivity contribution in [2.75, 3.05) is 9.13 Å². The topological polar surface area (TPSA) is 6.48 Å². The Bertz CT molecular complexity index is 1790. The zero-order valence-corrected chi connectivity index (χ0v) is 29.5. The maximum absolute atomic E-state index is 2.62. The number of hydrogen-bond donors (Lipinski definition) is 0. The average molecular weight is 653 g/mol. The fourth-order valence-electron chi connectivity index (χ4n) is 7.14.